The number of benzene rings is 1. The average molecular weight is 334 g/mol. The summed E-state index contributed by atoms with van der Waals surface area (Å²) < 4.78 is 0.874. The van der Waals surface area contributed by atoms with Gasteiger partial charge in [-0.25, -0.2) is 0 Å². The molecule has 0 aliphatic rings. The highest BCUT2D eigenvalue weighted by atomic mass is 127. The van der Waals surface area contributed by atoms with E-state index in [1.54, 1.807) is 12.1 Å². The Labute approximate surface area is 109 Å². The summed E-state index contributed by atoms with van der Waals surface area (Å²) in [7, 11) is 0. The molecule has 0 bridgehead atoms. The maximum Gasteiger partial charge on any atom is 0.293 e. The summed E-state index contributed by atoms with van der Waals surface area (Å²) in [6.07, 6.45) is 1.92. The molecule has 88 valence electrons. The summed E-state index contributed by atoms with van der Waals surface area (Å²) in [5, 5.41) is 14.1. The fourth-order valence-electron chi connectivity index (χ4n) is 1.49. The van der Waals surface area contributed by atoms with E-state index in [4.69, 9.17) is 0 Å². The van der Waals surface area contributed by atoms with Crippen LogP contribution in [0.15, 0.2) is 18.2 Å². The van der Waals surface area contributed by atoms with Gasteiger partial charge in [0.1, 0.15) is 5.69 Å². The molecule has 0 heterocycles. The standard InChI is InChI=1S/C11H15IN2O2/c1-3-9(4-2)13-10-6-5-8(12)7-11(10)14(15)16/h5-7,9,13H,3-4H2,1-2H3. The van der Waals surface area contributed by atoms with E-state index in [-0.39, 0.29) is 10.6 Å². The van der Waals surface area contributed by atoms with Gasteiger partial charge in [0.2, 0.25) is 0 Å². The Balaban J connectivity index is 2.98. The molecule has 0 atom stereocenters. The lowest BCUT2D eigenvalue weighted by atomic mass is 10.1. The van der Waals surface area contributed by atoms with Crippen LogP contribution in [0.2, 0.25) is 0 Å². The van der Waals surface area contributed by atoms with E-state index in [9.17, 15) is 10.1 Å². The largest absolute Gasteiger partial charge is 0.377 e. The SMILES string of the molecule is CCC(CC)Nc1ccc(I)cc1[N+](=O)[O-]. The van der Waals surface area contributed by atoms with Gasteiger partial charge in [-0.2, -0.15) is 0 Å². The minimum atomic E-state index is -0.340. The first-order valence-electron chi connectivity index (χ1n) is 5.29. The van der Waals surface area contributed by atoms with Crippen molar-refractivity contribution < 1.29 is 4.92 Å². The second kappa shape index (κ2) is 6.03. The van der Waals surface area contributed by atoms with E-state index in [1.165, 1.54) is 0 Å². The highest BCUT2D eigenvalue weighted by Crippen LogP contribution is 2.27. The van der Waals surface area contributed by atoms with E-state index in [0.29, 0.717) is 11.7 Å². The van der Waals surface area contributed by atoms with Crippen LogP contribution >= 0.6 is 22.6 Å². The molecule has 1 aromatic carbocycles. The van der Waals surface area contributed by atoms with Crippen molar-refractivity contribution in [1.29, 1.82) is 0 Å². The summed E-state index contributed by atoms with van der Waals surface area (Å²) in [4.78, 5) is 10.6. The monoisotopic (exact) mass is 334 g/mol. The summed E-state index contributed by atoms with van der Waals surface area (Å²) in [5.74, 6) is 0. The third kappa shape index (κ3) is 3.33. The van der Waals surface area contributed by atoms with Gasteiger partial charge in [-0.15, -0.1) is 0 Å². The molecule has 0 unspecified atom stereocenters. The van der Waals surface area contributed by atoms with Gasteiger partial charge in [0, 0.05) is 15.7 Å². The summed E-state index contributed by atoms with van der Waals surface area (Å²) in [6.45, 7) is 4.14. The van der Waals surface area contributed by atoms with Crippen molar-refractivity contribution in [2.75, 3.05) is 5.32 Å². The number of nitro groups is 1. The van der Waals surface area contributed by atoms with Crippen LogP contribution in [0.5, 0.6) is 0 Å². The number of nitrogens with zero attached hydrogens (tertiary/aromatic N) is 1. The van der Waals surface area contributed by atoms with E-state index in [1.807, 2.05) is 6.07 Å². The number of hydrogen-bond acceptors (Lipinski definition) is 3. The number of hydrogen-bond donors (Lipinski definition) is 1. The van der Waals surface area contributed by atoms with Crippen LogP contribution in [-0.2, 0) is 0 Å². The molecule has 0 aliphatic heterocycles. The lowest BCUT2D eigenvalue weighted by Gasteiger charge is -2.16. The first kappa shape index (κ1) is 13.2. The van der Waals surface area contributed by atoms with Crippen LogP contribution in [0, 0.1) is 13.7 Å². The smallest absolute Gasteiger partial charge is 0.293 e. The Bertz CT molecular complexity index is 378. The van der Waals surface area contributed by atoms with Crippen molar-refractivity contribution in [3.8, 4) is 0 Å². The molecule has 4 nitrogen and oxygen atoms in total. The normalized spacial score (nSPS) is 10.5. The van der Waals surface area contributed by atoms with Crippen LogP contribution in [-0.4, -0.2) is 11.0 Å². The molecule has 1 aromatic rings. The van der Waals surface area contributed by atoms with Gasteiger partial charge in [0.05, 0.1) is 4.92 Å². The number of nitro benzene ring substituents is 1. The molecule has 0 spiro atoms. The molecule has 0 amide bonds. The van der Waals surface area contributed by atoms with Crippen molar-refractivity contribution in [3.05, 3.63) is 31.9 Å². The van der Waals surface area contributed by atoms with Crippen molar-refractivity contribution in [1.82, 2.24) is 0 Å². The Morgan fingerprint density at radius 3 is 2.56 bits per heavy atom. The molecule has 0 saturated carbocycles. The zero-order valence-corrected chi connectivity index (χ0v) is 11.5. The van der Waals surface area contributed by atoms with Crippen LogP contribution in [0.25, 0.3) is 0 Å². The lowest BCUT2D eigenvalue weighted by molar-refractivity contribution is -0.384. The van der Waals surface area contributed by atoms with E-state index < -0.39 is 0 Å². The first-order valence-corrected chi connectivity index (χ1v) is 6.36. The summed E-state index contributed by atoms with van der Waals surface area (Å²) in [6, 6.07) is 5.53. The van der Waals surface area contributed by atoms with Gasteiger partial charge in [0.15, 0.2) is 0 Å². The van der Waals surface area contributed by atoms with Gasteiger partial charge in [-0.1, -0.05) is 13.8 Å². The Morgan fingerprint density at radius 1 is 1.44 bits per heavy atom. The zero-order chi connectivity index (χ0) is 12.1. The highest BCUT2D eigenvalue weighted by Gasteiger charge is 2.15. The Hall–Kier alpha value is -0.850. The average Bonchev–Trinajstić information content (AvgIpc) is 2.27. The molecular formula is C11H15IN2O2. The molecule has 0 aromatic heterocycles. The summed E-state index contributed by atoms with van der Waals surface area (Å²) in [5.41, 5.74) is 0.762. The summed E-state index contributed by atoms with van der Waals surface area (Å²) >= 11 is 2.08. The van der Waals surface area contributed by atoms with Crippen LogP contribution in [0.4, 0.5) is 11.4 Å². The third-order valence-electron chi connectivity index (χ3n) is 2.50. The van der Waals surface area contributed by atoms with Crippen molar-refractivity contribution in [3.63, 3.8) is 0 Å². The number of nitrogens with one attached hydrogen (secondary N) is 1. The zero-order valence-electron chi connectivity index (χ0n) is 9.37. The number of anilines is 1. The van der Waals surface area contributed by atoms with Crippen molar-refractivity contribution in [2.24, 2.45) is 0 Å². The third-order valence-corrected chi connectivity index (χ3v) is 3.17. The molecule has 0 radical (unpaired) electrons. The van der Waals surface area contributed by atoms with Crippen LogP contribution in [0.1, 0.15) is 26.7 Å². The van der Waals surface area contributed by atoms with E-state index >= 15 is 0 Å². The number of halogens is 1. The molecule has 0 fully saturated rings. The minimum Gasteiger partial charge on any atom is -0.377 e. The molecule has 0 aliphatic carbocycles. The highest BCUT2D eigenvalue weighted by molar-refractivity contribution is 14.1. The Kier molecular flexibility index (Phi) is 4.98. The van der Waals surface area contributed by atoms with Gasteiger partial charge in [-0.3, -0.25) is 10.1 Å². The van der Waals surface area contributed by atoms with Crippen LogP contribution < -0.4 is 5.32 Å². The molecule has 0 saturated heterocycles. The molecule has 5 heteroatoms. The minimum absolute atomic E-state index is 0.152. The van der Waals surface area contributed by atoms with Gasteiger partial charge >= 0.3 is 0 Å². The molecule has 1 rings (SSSR count). The van der Waals surface area contributed by atoms with E-state index in [0.717, 1.165) is 16.4 Å². The molecule has 1 N–H and O–H groups in total. The first-order chi connectivity index (χ1) is 7.58. The van der Waals surface area contributed by atoms with Gasteiger partial charge in [0.25, 0.3) is 5.69 Å². The fraction of sp³-hybridized carbons (Fsp3) is 0.455. The lowest BCUT2D eigenvalue weighted by Crippen LogP contribution is -2.17. The quantitative estimate of drug-likeness (QED) is 0.506. The maximum absolute atomic E-state index is 10.9. The van der Waals surface area contributed by atoms with E-state index in [2.05, 4.69) is 41.8 Å². The topological polar surface area (TPSA) is 55.2 Å². The fourth-order valence-corrected chi connectivity index (χ4v) is 1.97. The van der Waals surface area contributed by atoms with Crippen molar-refractivity contribution in [2.45, 2.75) is 32.7 Å². The van der Waals surface area contributed by atoms with Crippen molar-refractivity contribution >= 4 is 34.0 Å². The Morgan fingerprint density at radius 2 is 2.06 bits per heavy atom. The van der Waals surface area contributed by atoms with Gasteiger partial charge < -0.3 is 5.32 Å². The number of rotatable bonds is 5. The molecular weight excluding hydrogens is 319 g/mol. The maximum atomic E-state index is 10.9. The predicted octanol–water partition coefficient (Wildman–Crippen LogP) is 3.80. The molecule has 16 heavy (non-hydrogen) atoms. The van der Waals surface area contributed by atoms with Crippen LogP contribution in [0.3, 0.4) is 0 Å². The second-order valence-corrected chi connectivity index (χ2v) is 4.82. The van der Waals surface area contributed by atoms with Gasteiger partial charge in [-0.05, 0) is 47.6 Å². The predicted molar refractivity (Wildman–Crippen MR) is 73.8 cm³/mol. The second-order valence-electron chi connectivity index (χ2n) is 3.58.